The quantitative estimate of drug-likeness (QED) is 0.600. The van der Waals surface area contributed by atoms with Crippen LogP contribution in [0, 0.1) is 11.8 Å². The van der Waals surface area contributed by atoms with E-state index < -0.39 is 0 Å². The number of para-hydroxylation sites is 1. The molecule has 0 amide bonds. The second kappa shape index (κ2) is 7.77. The first-order chi connectivity index (χ1) is 9.86. The molecule has 0 spiro atoms. The molecule has 0 unspecified atom stereocenters. The van der Waals surface area contributed by atoms with E-state index in [-0.39, 0.29) is 0 Å². The number of hydrogen-bond donors (Lipinski definition) is 1. The maximum atomic E-state index is 3.21. The molecule has 1 heterocycles. The standard InChI is InChI=1S/C18H24N2/c1-3-4-9-14-20-15-16(10-7-8-13-19-2)17-11-5-6-12-18(17)20/h5-6,11-12,15,19H,7-10,13-14H2,1-2H3. The summed E-state index contributed by atoms with van der Waals surface area (Å²) in [6.45, 7) is 3.99. The number of nitrogens with zero attached hydrogens (tertiary/aromatic N) is 1. The summed E-state index contributed by atoms with van der Waals surface area (Å²) in [4.78, 5) is 0. The van der Waals surface area contributed by atoms with E-state index in [0.29, 0.717) is 0 Å². The molecule has 1 aromatic carbocycles. The summed E-state index contributed by atoms with van der Waals surface area (Å²) < 4.78 is 2.35. The maximum Gasteiger partial charge on any atom is 0.0483 e. The summed E-state index contributed by atoms with van der Waals surface area (Å²) in [5.41, 5.74) is 2.81. The van der Waals surface area contributed by atoms with Crippen molar-refractivity contribution in [1.82, 2.24) is 9.88 Å². The van der Waals surface area contributed by atoms with Crippen molar-refractivity contribution in [3.8, 4) is 11.8 Å². The molecule has 0 aliphatic rings. The molecular formula is C18H24N2. The number of benzene rings is 1. The lowest BCUT2D eigenvalue weighted by atomic mass is 10.1. The first-order valence-corrected chi connectivity index (χ1v) is 7.47. The molecule has 0 aliphatic carbocycles. The first kappa shape index (κ1) is 14.7. The van der Waals surface area contributed by atoms with E-state index in [4.69, 9.17) is 0 Å². The Morgan fingerprint density at radius 3 is 2.85 bits per heavy atom. The van der Waals surface area contributed by atoms with Crippen LogP contribution in [0.1, 0.15) is 31.7 Å². The van der Waals surface area contributed by atoms with Crippen molar-refractivity contribution in [2.75, 3.05) is 13.6 Å². The highest BCUT2D eigenvalue weighted by molar-refractivity contribution is 5.84. The van der Waals surface area contributed by atoms with Gasteiger partial charge in [0, 0.05) is 30.1 Å². The van der Waals surface area contributed by atoms with E-state index in [1.54, 1.807) is 0 Å². The average Bonchev–Trinajstić information content (AvgIpc) is 2.83. The number of rotatable bonds is 7. The first-order valence-electron chi connectivity index (χ1n) is 7.47. The van der Waals surface area contributed by atoms with Crippen LogP contribution in [-0.4, -0.2) is 18.2 Å². The van der Waals surface area contributed by atoms with Crippen LogP contribution in [0.4, 0.5) is 0 Å². The third-order valence-corrected chi connectivity index (χ3v) is 3.65. The van der Waals surface area contributed by atoms with E-state index in [1.165, 1.54) is 29.3 Å². The largest absolute Gasteiger partial charge is 0.346 e. The SMILES string of the molecule is CC#CCCn1cc(CCCCNC)c2ccccc21. The molecule has 2 aromatic rings. The van der Waals surface area contributed by atoms with Gasteiger partial charge in [-0.15, -0.1) is 11.8 Å². The third kappa shape index (κ3) is 3.65. The molecule has 2 rings (SSSR count). The molecule has 0 radical (unpaired) electrons. The van der Waals surface area contributed by atoms with Gasteiger partial charge >= 0.3 is 0 Å². The maximum absolute atomic E-state index is 3.21. The number of unbranched alkanes of at least 4 members (excludes halogenated alkanes) is 1. The van der Waals surface area contributed by atoms with E-state index in [0.717, 1.165) is 25.9 Å². The number of hydrogen-bond acceptors (Lipinski definition) is 1. The summed E-state index contributed by atoms with van der Waals surface area (Å²) in [5, 5.41) is 4.61. The minimum atomic E-state index is 0.925. The molecule has 0 aliphatic heterocycles. The molecule has 1 N–H and O–H groups in total. The Bertz CT molecular complexity index is 599. The van der Waals surface area contributed by atoms with Crippen LogP contribution in [0.25, 0.3) is 10.9 Å². The lowest BCUT2D eigenvalue weighted by molar-refractivity contribution is 0.675. The zero-order chi connectivity index (χ0) is 14.2. The van der Waals surface area contributed by atoms with Crippen LogP contribution in [-0.2, 0) is 13.0 Å². The van der Waals surface area contributed by atoms with Crippen molar-refractivity contribution in [2.24, 2.45) is 0 Å². The molecule has 0 atom stereocenters. The average molecular weight is 268 g/mol. The molecule has 0 saturated heterocycles. The summed E-state index contributed by atoms with van der Waals surface area (Å²) in [5.74, 6) is 6.12. The lowest BCUT2D eigenvalue weighted by Gasteiger charge is -2.01. The highest BCUT2D eigenvalue weighted by atomic mass is 15.0. The molecule has 106 valence electrons. The van der Waals surface area contributed by atoms with Crippen molar-refractivity contribution < 1.29 is 0 Å². The van der Waals surface area contributed by atoms with Gasteiger partial charge < -0.3 is 9.88 Å². The monoisotopic (exact) mass is 268 g/mol. The van der Waals surface area contributed by atoms with Crippen molar-refractivity contribution in [3.63, 3.8) is 0 Å². The van der Waals surface area contributed by atoms with Gasteiger partial charge in [-0.25, -0.2) is 0 Å². The molecule has 2 nitrogen and oxygen atoms in total. The van der Waals surface area contributed by atoms with Crippen LogP contribution in [0.2, 0.25) is 0 Å². The van der Waals surface area contributed by atoms with Gasteiger partial charge in [0.2, 0.25) is 0 Å². The fourth-order valence-corrected chi connectivity index (χ4v) is 2.63. The van der Waals surface area contributed by atoms with Crippen LogP contribution in [0.3, 0.4) is 0 Å². The Morgan fingerprint density at radius 2 is 2.05 bits per heavy atom. The van der Waals surface area contributed by atoms with E-state index >= 15 is 0 Å². The number of fused-ring (bicyclic) bond motifs is 1. The number of aromatic nitrogens is 1. The topological polar surface area (TPSA) is 17.0 Å². The predicted octanol–water partition coefficient (Wildman–Crippen LogP) is 3.60. The summed E-state index contributed by atoms with van der Waals surface area (Å²) >= 11 is 0. The van der Waals surface area contributed by atoms with Crippen molar-refractivity contribution in [1.29, 1.82) is 0 Å². The second-order valence-corrected chi connectivity index (χ2v) is 5.10. The zero-order valence-corrected chi connectivity index (χ0v) is 12.6. The van der Waals surface area contributed by atoms with Crippen molar-refractivity contribution >= 4 is 10.9 Å². The number of aryl methyl sites for hydroxylation is 2. The Morgan fingerprint density at radius 1 is 1.20 bits per heavy atom. The second-order valence-electron chi connectivity index (χ2n) is 5.10. The van der Waals surface area contributed by atoms with E-state index in [2.05, 4.69) is 52.2 Å². The normalized spacial score (nSPS) is 10.5. The molecule has 1 aromatic heterocycles. The van der Waals surface area contributed by atoms with Gasteiger partial charge in [-0.05, 0) is 51.4 Å². The summed E-state index contributed by atoms with van der Waals surface area (Å²) in [6, 6.07) is 8.71. The van der Waals surface area contributed by atoms with Gasteiger partial charge in [0.25, 0.3) is 0 Å². The minimum Gasteiger partial charge on any atom is -0.346 e. The lowest BCUT2D eigenvalue weighted by Crippen LogP contribution is -2.07. The van der Waals surface area contributed by atoms with Gasteiger partial charge in [0.1, 0.15) is 0 Å². The van der Waals surface area contributed by atoms with Crippen LogP contribution in [0.15, 0.2) is 30.5 Å². The van der Waals surface area contributed by atoms with Crippen LogP contribution in [0.5, 0.6) is 0 Å². The fourth-order valence-electron chi connectivity index (χ4n) is 2.63. The number of nitrogens with one attached hydrogen (secondary N) is 1. The third-order valence-electron chi connectivity index (χ3n) is 3.65. The molecule has 2 heteroatoms. The van der Waals surface area contributed by atoms with Crippen molar-refractivity contribution in [2.45, 2.75) is 39.2 Å². The summed E-state index contributed by atoms with van der Waals surface area (Å²) in [6.07, 6.45) is 6.88. The fraction of sp³-hybridized carbons (Fsp3) is 0.444. The van der Waals surface area contributed by atoms with E-state index in [9.17, 15) is 0 Å². The highest BCUT2D eigenvalue weighted by Gasteiger charge is 2.07. The molecular weight excluding hydrogens is 244 g/mol. The van der Waals surface area contributed by atoms with Crippen LogP contribution < -0.4 is 5.32 Å². The van der Waals surface area contributed by atoms with Crippen molar-refractivity contribution in [3.05, 3.63) is 36.0 Å². The Kier molecular flexibility index (Phi) is 5.70. The van der Waals surface area contributed by atoms with Gasteiger partial charge in [0.05, 0.1) is 0 Å². The summed E-state index contributed by atoms with van der Waals surface area (Å²) in [7, 11) is 2.01. The minimum absolute atomic E-state index is 0.925. The smallest absolute Gasteiger partial charge is 0.0483 e. The van der Waals surface area contributed by atoms with Crippen LogP contribution >= 0.6 is 0 Å². The Labute approximate surface area is 122 Å². The van der Waals surface area contributed by atoms with Gasteiger partial charge in [0.15, 0.2) is 0 Å². The molecule has 0 bridgehead atoms. The molecule has 0 fully saturated rings. The van der Waals surface area contributed by atoms with E-state index in [1.807, 2.05) is 14.0 Å². The zero-order valence-electron chi connectivity index (χ0n) is 12.6. The highest BCUT2D eigenvalue weighted by Crippen LogP contribution is 2.23. The molecule has 0 saturated carbocycles. The van der Waals surface area contributed by atoms with Gasteiger partial charge in [-0.3, -0.25) is 0 Å². The Hall–Kier alpha value is -1.72. The van der Waals surface area contributed by atoms with Gasteiger partial charge in [-0.1, -0.05) is 18.2 Å². The Balaban J connectivity index is 2.14. The predicted molar refractivity (Wildman–Crippen MR) is 86.9 cm³/mol. The molecule has 20 heavy (non-hydrogen) atoms. The van der Waals surface area contributed by atoms with Gasteiger partial charge in [-0.2, -0.15) is 0 Å².